The van der Waals surface area contributed by atoms with Crippen molar-refractivity contribution in [3.8, 4) is 11.6 Å². The molecule has 35 heavy (non-hydrogen) atoms. The minimum Gasteiger partial charge on any atom is -0.490 e. The number of nitrogens with zero attached hydrogens (tertiary/aromatic N) is 2. The van der Waals surface area contributed by atoms with Crippen molar-refractivity contribution in [1.82, 2.24) is 9.97 Å². The molecule has 0 spiro atoms. The maximum atomic E-state index is 12.7. The highest BCUT2D eigenvalue weighted by Crippen LogP contribution is 2.26. The van der Waals surface area contributed by atoms with E-state index >= 15 is 0 Å². The van der Waals surface area contributed by atoms with Crippen molar-refractivity contribution in [2.75, 3.05) is 25.6 Å². The van der Waals surface area contributed by atoms with Crippen molar-refractivity contribution in [1.29, 1.82) is 0 Å². The first-order valence-electron chi connectivity index (χ1n) is 10.4. The van der Waals surface area contributed by atoms with Crippen molar-refractivity contribution in [2.45, 2.75) is 0 Å². The average molecular weight is 512 g/mol. The van der Waals surface area contributed by atoms with Crippen LogP contribution < -0.4 is 14.8 Å². The Balaban J connectivity index is 1.41. The van der Waals surface area contributed by atoms with Crippen LogP contribution in [0.15, 0.2) is 66.9 Å². The van der Waals surface area contributed by atoms with Crippen molar-refractivity contribution in [2.24, 2.45) is 0 Å². The average Bonchev–Trinajstić information content (AvgIpc) is 2.86. The van der Waals surface area contributed by atoms with Gasteiger partial charge in [0, 0.05) is 5.02 Å². The molecule has 0 aliphatic heterocycles. The summed E-state index contributed by atoms with van der Waals surface area (Å²) in [5, 5.41) is 3.26. The van der Waals surface area contributed by atoms with Crippen LogP contribution in [0, 0.1) is 0 Å². The molecule has 4 aromatic rings. The van der Waals surface area contributed by atoms with Gasteiger partial charge in [-0.05, 0) is 48.5 Å². The number of ether oxygens (including phenoxy) is 3. The molecule has 0 aliphatic carbocycles. The zero-order valence-corrected chi connectivity index (χ0v) is 20.0. The Labute approximate surface area is 210 Å². The number of benzene rings is 3. The van der Waals surface area contributed by atoms with E-state index in [0.717, 1.165) is 11.0 Å². The van der Waals surface area contributed by atoms with Gasteiger partial charge < -0.3 is 19.5 Å². The third-order valence-corrected chi connectivity index (χ3v) is 5.40. The van der Waals surface area contributed by atoms with E-state index in [0.29, 0.717) is 16.7 Å². The number of carbonyl (C=O) groups excluding carboxylic acids is 2. The standard InChI is InChI=1S/C25H19Cl2N3O5/c1-33-25(32)18-13-16(7-9-20(18)30-24(31)17-8-6-15(26)12-19(17)27)34-10-11-35-23-14-28-21-4-2-3-5-22(21)29-23/h2-9,12-14H,10-11H2,1H3,(H,30,31). The number of nitrogens with one attached hydrogen (secondary N) is 1. The summed E-state index contributed by atoms with van der Waals surface area (Å²) in [7, 11) is 1.25. The fourth-order valence-corrected chi connectivity index (χ4v) is 3.67. The van der Waals surface area contributed by atoms with E-state index in [9.17, 15) is 9.59 Å². The summed E-state index contributed by atoms with van der Waals surface area (Å²) in [6, 6.07) is 16.6. The van der Waals surface area contributed by atoms with Gasteiger partial charge in [0.1, 0.15) is 19.0 Å². The Morgan fingerprint density at radius 3 is 2.46 bits per heavy atom. The smallest absolute Gasteiger partial charge is 0.340 e. The molecule has 1 heterocycles. The van der Waals surface area contributed by atoms with Gasteiger partial charge in [-0.25, -0.2) is 14.8 Å². The number of aromatic nitrogens is 2. The van der Waals surface area contributed by atoms with E-state index in [1.54, 1.807) is 24.4 Å². The molecule has 0 atom stereocenters. The maximum Gasteiger partial charge on any atom is 0.340 e. The number of fused-ring (bicyclic) bond motifs is 1. The number of para-hydroxylation sites is 2. The molecule has 0 saturated heterocycles. The molecule has 178 valence electrons. The number of esters is 1. The molecule has 0 unspecified atom stereocenters. The Morgan fingerprint density at radius 2 is 1.69 bits per heavy atom. The lowest BCUT2D eigenvalue weighted by molar-refractivity contribution is 0.0601. The number of anilines is 1. The van der Waals surface area contributed by atoms with Gasteiger partial charge in [0.05, 0.1) is 46.2 Å². The van der Waals surface area contributed by atoms with Gasteiger partial charge in [-0.2, -0.15) is 0 Å². The highest BCUT2D eigenvalue weighted by molar-refractivity contribution is 6.37. The van der Waals surface area contributed by atoms with Crippen molar-refractivity contribution < 1.29 is 23.8 Å². The molecule has 1 amide bonds. The third-order valence-electron chi connectivity index (χ3n) is 4.85. The third kappa shape index (κ3) is 5.98. The summed E-state index contributed by atoms with van der Waals surface area (Å²) in [5.74, 6) is -0.381. The number of rotatable bonds is 8. The monoisotopic (exact) mass is 511 g/mol. The highest BCUT2D eigenvalue weighted by Gasteiger charge is 2.18. The van der Waals surface area contributed by atoms with Crippen molar-refractivity contribution in [3.05, 3.63) is 88.0 Å². The summed E-state index contributed by atoms with van der Waals surface area (Å²) >= 11 is 12.0. The number of halogens is 2. The molecule has 10 heteroatoms. The minimum atomic E-state index is -0.643. The molecule has 1 aromatic heterocycles. The fourth-order valence-electron chi connectivity index (χ4n) is 3.18. The number of methoxy groups -OCH3 is 1. The van der Waals surface area contributed by atoms with Gasteiger partial charge in [-0.15, -0.1) is 0 Å². The molecule has 3 aromatic carbocycles. The van der Waals surface area contributed by atoms with E-state index in [4.69, 9.17) is 37.4 Å². The minimum absolute atomic E-state index is 0.116. The van der Waals surface area contributed by atoms with Gasteiger partial charge in [0.2, 0.25) is 5.88 Å². The van der Waals surface area contributed by atoms with Crippen LogP contribution >= 0.6 is 23.2 Å². The van der Waals surface area contributed by atoms with Crippen LogP contribution in [0.4, 0.5) is 5.69 Å². The molecular weight excluding hydrogens is 493 g/mol. The first-order valence-corrected chi connectivity index (χ1v) is 11.2. The second-order valence-electron chi connectivity index (χ2n) is 7.17. The molecular formula is C25H19Cl2N3O5. The van der Waals surface area contributed by atoms with E-state index in [2.05, 4.69) is 15.3 Å². The molecule has 1 N–H and O–H groups in total. The van der Waals surface area contributed by atoms with Gasteiger partial charge in [-0.1, -0.05) is 35.3 Å². The Hall–Kier alpha value is -3.88. The van der Waals surface area contributed by atoms with Crippen LogP contribution in [0.25, 0.3) is 11.0 Å². The largest absolute Gasteiger partial charge is 0.490 e. The normalized spacial score (nSPS) is 10.6. The molecule has 0 bridgehead atoms. The van der Waals surface area contributed by atoms with E-state index < -0.39 is 11.9 Å². The van der Waals surface area contributed by atoms with Crippen LogP contribution in [0.2, 0.25) is 10.0 Å². The predicted molar refractivity (Wildman–Crippen MR) is 133 cm³/mol. The Kier molecular flexibility index (Phi) is 7.64. The maximum absolute atomic E-state index is 12.7. The lowest BCUT2D eigenvalue weighted by Gasteiger charge is -2.13. The summed E-state index contributed by atoms with van der Waals surface area (Å²) in [4.78, 5) is 33.7. The number of hydrogen-bond acceptors (Lipinski definition) is 7. The first-order chi connectivity index (χ1) is 16.9. The summed E-state index contributed by atoms with van der Waals surface area (Å²) in [5.41, 5.74) is 2.07. The number of amides is 1. The van der Waals surface area contributed by atoms with Crippen LogP contribution in [0.1, 0.15) is 20.7 Å². The topological polar surface area (TPSA) is 99.6 Å². The molecule has 0 fully saturated rings. The molecule has 0 aliphatic rings. The van der Waals surface area contributed by atoms with E-state index in [1.807, 2.05) is 24.3 Å². The van der Waals surface area contributed by atoms with Crippen molar-refractivity contribution >= 4 is 51.8 Å². The van der Waals surface area contributed by atoms with Crippen LogP contribution in [-0.2, 0) is 4.74 Å². The van der Waals surface area contributed by atoms with Crippen molar-refractivity contribution in [3.63, 3.8) is 0 Å². The Morgan fingerprint density at radius 1 is 0.914 bits per heavy atom. The van der Waals surface area contributed by atoms with E-state index in [-0.39, 0.29) is 35.1 Å². The lowest BCUT2D eigenvalue weighted by atomic mass is 10.1. The second kappa shape index (κ2) is 11.0. The molecule has 0 radical (unpaired) electrons. The number of hydrogen-bond donors (Lipinski definition) is 1. The highest BCUT2D eigenvalue weighted by atomic mass is 35.5. The zero-order valence-electron chi connectivity index (χ0n) is 18.5. The number of carbonyl (C=O) groups is 2. The SMILES string of the molecule is COC(=O)c1cc(OCCOc2cnc3ccccc3n2)ccc1NC(=O)c1ccc(Cl)cc1Cl. The van der Waals surface area contributed by atoms with Crippen LogP contribution in [0.3, 0.4) is 0 Å². The van der Waals surface area contributed by atoms with Crippen LogP contribution in [-0.4, -0.2) is 42.2 Å². The van der Waals surface area contributed by atoms with Gasteiger partial charge in [-0.3, -0.25) is 4.79 Å². The molecule has 4 rings (SSSR count). The fraction of sp³-hybridized carbons (Fsp3) is 0.120. The second-order valence-corrected chi connectivity index (χ2v) is 8.01. The summed E-state index contributed by atoms with van der Waals surface area (Å²) in [6.07, 6.45) is 1.54. The van der Waals surface area contributed by atoms with Crippen LogP contribution in [0.5, 0.6) is 11.6 Å². The zero-order chi connectivity index (χ0) is 24.8. The summed E-state index contributed by atoms with van der Waals surface area (Å²) < 4.78 is 16.2. The molecule has 8 nitrogen and oxygen atoms in total. The quantitative estimate of drug-likeness (QED) is 0.248. The van der Waals surface area contributed by atoms with Gasteiger partial charge in [0.15, 0.2) is 0 Å². The van der Waals surface area contributed by atoms with Gasteiger partial charge >= 0.3 is 5.97 Å². The van der Waals surface area contributed by atoms with Gasteiger partial charge in [0.25, 0.3) is 5.91 Å². The molecule has 0 saturated carbocycles. The summed E-state index contributed by atoms with van der Waals surface area (Å²) in [6.45, 7) is 0.384. The predicted octanol–water partition coefficient (Wildman–Crippen LogP) is 5.43. The first kappa shape index (κ1) is 24.3. The van der Waals surface area contributed by atoms with E-state index in [1.165, 1.54) is 25.3 Å². The Bertz CT molecular complexity index is 1400. The lowest BCUT2D eigenvalue weighted by Crippen LogP contribution is -2.16.